The van der Waals surface area contributed by atoms with Crippen molar-refractivity contribution in [3.8, 4) is 5.75 Å². The lowest BCUT2D eigenvalue weighted by molar-refractivity contribution is -0.128. The van der Waals surface area contributed by atoms with Gasteiger partial charge >= 0.3 is 0 Å². The summed E-state index contributed by atoms with van der Waals surface area (Å²) in [5.74, 6) is -0.208. The predicted molar refractivity (Wildman–Crippen MR) is 95.3 cm³/mol. The van der Waals surface area contributed by atoms with E-state index >= 15 is 0 Å². The first-order valence-corrected chi connectivity index (χ1v) is 8.95. The average molecular weight is 360 g/mol. The van der Waals surface area contributed by atoms with E-state index in [1.54, 1.807) is 25.1 Å². The standard InChI is InChI=1S/C19H24N2O5/c1-11(22)13-3-8-17-16(9-13)21(19(25)12(2)26-17)10-18(24)20-14-4-6-15(23)7-5-14/h3,8-9,12,14-15,23H,4-7,10H2,1-2H3,(H,20,24). The maximum Gasteiger partial charge on any atom is 0.268 e. The highest BCUT2D eigenvalue weighted by atomic mass is 16.5. The van der Waals surface area contributed by atoms with Gasteiger partial charge in [0.1, 0.15) is 12.3 Å². The highest BCUT2D eigenvalue weighted by molar-refractivity contribution is 6.05. The molecule has 1 unspecified atom stereocenters. The number of ether oxygens (including phenoxy) is 1. The number of amides is 2. The molecule has 1 aromatic carbocycles. The molecule has 0 aromatic heterocycles. The van der Waals surface area contributed by atoms with Crippen molar-refractivity contribution in [2.45, 2.75) is 57.8 Å². The fourth-order valence-corrected chi connectivity index (χ4v) is 3.43. The van der Waals surface area contributed by atoms with Crippen LogP contribution in [0.5, 0.6) is 5.75 Å². The number of ketones is 1. The van der Waals surface area contributed by atoms with Gasteiger partial charge in [-0.25, -0.2) is 0 Å². The van der Waals surface area contributed by atoms with E-state index in [0.29, 0.717) is 29.8 Å². The zero-order chi connectivity index (χ0) is 18.8. The number of hydrogen-bond acceptors (Lipinski definition) is 5. The highest BCUT2D eigenvalue weighted by Crippen LogP contribution is 2.35. The molecular formula is C19H24N2O5. The van der Waals surface area contributed by atoms with Crippen LogP contribution in [0.2, 0.25) is 0 Å². The molecule has 3 rings (SSSR count). The van der Waals surface area contributed by atoms with E-state index in [1.165, 1.54) is 11.8 Å². The van der Waals surface area contributed by atoms with Gasteiger partial charge in [-0.15, -0.1) is 0 Å². The molecular weight excluding hydrogens is 336 g/mol. The van der Waals surface area contributed by atoms with Crippen molar-refractivity contribution >= 4 is 23.3 Å². The molecule has 7 heteroatoms. The Labute approximate surface area is 152 Å². The Morgan fingerprint density at radius 2 is 1.96 bits per heavy atom. The van der Waals surface area contributed by atoms with Crippen molar-refractivity contribution in [3.05, 3.63) is 23.8 Å². The summed E-state index contributed by atoms with van der Waals surface area (Å²) in [6.45, 7) is 2.96. The maximum atomic E-state index is 12.5. The second-order valence-corrected chi connectivity index (χ2v) is 7.00. The molecule has 140 valence electrons. The van der Waals surface area contributed by atoms with Crippen LogP contribution in [0.4, 0.5) is 5.69 Å². The van der Waals surface area contributed by atoms with Gasteiger partial charge in [-0.1, -0.05) is 0 Å². The van der Waals surface area contributed by atoms with E-state index in [1.807, 2.05) is 0 Å². The highest BCUT2D eigenvalue weighted by Gasteiger charge is 2.33. The first kappa shape index (κ1) is 18.4. The van der Waals surface area contributed by atoms with Gasteiger partial charge in [0.2, 0.25) is 5.91 Å². The summed E-state index contributed by atoms with van der Waals surface area (Å²) in [4.78, 5) is 38.0. The average Bonchev–Trinajstić information content (AvgIpc) is 2.60. The molecule has 26 heavy (non-hydrogen) atoms. The molecule has 2 aliphatic rings. The summed E-state index contributed by atoms with van der Waals surface area (Å²) in [5.41, 5.74) is 0.899. The van der Waals surface area contributed by atoms with Crippen molar-refractivity contribution < 1.29 is 24.2 Å². The van der Waals surface area contributed by atoms with E-state index in [4.69, 9.17) is 4.74 Å². The Kier molecular flexibility index (Phi) is 5.27. The maximum absolute atomic E-state index is 12.5. The number of rotatable bonds is 4. The minimum absolute atomic E-state index is 0.0162. The third-order valence-electron chi connectivity index (χ3n) is 4.94. The second kappa shape index (κ2) is 7.45. The van der Waals surface area contributed by atoms with Crippen LogP contribution in [0.15, 0.2) is 18.2 Å². The smallest absolute Gasteiger partial charge is 0.268 e. The molecule has 1 fully saturated rings. The van der Waals surface area contributed by atoms with Crippen molar-refractivity contribution in [1.29, 1.82) is 0 Å². The van der Waals surface area contributed by atoms with Crippen LogP contribution in [0.3, 0.4) is 0 Å². The first-order chi connectivity index (χ1) is 12.3. The Balaban J connectivity index is 1.76. The summed E-state index contributed by atoms with van der Waals surface area (Å²) >= 11 is 0. The van der Waals surface area contributed by atoms with E-state index in [-0.39, 0.29) is 36.3 Å². The van der Waals surface area contributed by atoms with Crippen molar-refractivity contribution in [3.63, 3.8) is 0 Å². The number of Topliss-reactive ketones (excluding diaryl/α,β-unsaturated/α-hetero) is 1. The summed E-state index contributed by atoms with van der Waals surface area (Å²) in [6.07, 6.45) is 1.81. The minimum atomic E-state index is -0.691. The number of aliphatic hydroxyl groups is 1. The quantitative estimate of drug-likeness (QED) is 0.792. The number of carbonyl (C=O) groups is 3. The number of benzene rings is 1. The number of nitrogens with one attached hydrogen (secondary N) is 1. The number of nitrogens with zero attached hydrogens (tertiary/aromatic N) is 1. The topological polar surface area (TPSA) is 95.9 Å². The zero-order valence-corrected chi connectivity index (χ0v) is 15.0. The van der Waals surface area contributed by atoms with Crippen LogP contribution in [-0.2, 0) is 9.59 Å². The van der Waals surface area contributed by atoms with E-state index in [2.05, 4.69) is 5.32 Å². The molecule has 1 aromatic rings. The number of aliphatic hydroxyl groups excluding tert-OH is 1. The van der Waals surface area contributed by atoms with Crippen LogP contribution >= 0.6 is 0 Å². The van der Waals surface area contributed by atoms with Crippen LogP contribution in [0.25, 0.3) is 0 Å². The second-order valence-electron chi connectivity index (χ2n) is 7.00. The van der Waals surface area contributed by atoms with Gasteiger partial charge in [-0.2, -0.15) is 0 Å². The molecule has 1 heterocycles. The van der Waals surface area contributed by atoms with Crippen molar-refractivity contribution in [2.24, 2.45) is 0 Å². The van der Waals surface area contributed by atoms with E-state index < -0.39 is 6.10 Å². The monoisotopic (exact) mass is 360 g/mol. The normalized spacial score (nSPS) is 25.3. The molecule has 0 spiro atoms. The lowest BCUT2D eigenvalue weighted by Gasteiger charge is -2.33. The van der Waals surface area contributed by atoms with Crippen molar-refractivity contribution in [2.75, 3.05) is 11.4 Å². The lowest BCUT2D eigenvalue weighted by Crippen LogP contribution is -2.50. The number of fused-ring (bicyclic) bond motifs is 1. The molecule has 0 bridgehead atoms. The Hall–Kier alpha value is -2.41. The van der Waals surface area contributed by atoms with E-state index in [9.17, 15) is 19.5 Å². The molecule has 0 saturated heterocycles. The third-order valence-corrected chi connectivity index (χ3v) is 4.94. The zero-order valence-electron chi connectivity index (χ0n) is 15.0. The van der Waals surface area contributed by atoms with Crippen LogP contribution in [0, 0.1) is 0 Å². The number of carbonyl (C=O) groups excluding carboxylic acids is 3. The number of anilines is 1. The van der Waals surface area contributed by atoms with Crippen LogP contribution in [-0.4, -0.2) is 47.5 Å². The predicted octanol–water partition coefficient (Wildman–Crippen LogP) is 1.42. The largest absolute Gasteiger partial charge is 0.479 e. The van der Waals surface area contributed by atoms with E-state index in [0.717, 1.165) is 12.8 Å². The summed E-state index contributed by atoms with van der Waals surface area (Å²) in [5, 5.41) is 12.5. The van der Waals surface area contributed by atoms with Crippen LogP contribution in [0.1, 0.15) is 49.9 Å². The lowest BCUT2D eigenvalue weighted by atomic mass is 9.93. The van der Waals surface area contributed by atoms with Gasteiger partial charge in [-0.3, -0.25) is 19.3 Å². The molecule has 2 N–H and O–H groups in total. The van der Waals surface area contributed by atoms with Crippen molar-refractivity contribution in [1.82, 2.24) is 5.32 Å². The van der Waals surface area contributed by atoms with Gasteiger partial charge in [0.15, 0.2) is 11.9 Å². The molecule has 1 aliphatic heterocycles. The first-order valence-electron chi connectivity index (χ1n) is 8.95. The fourth-order valence-electron chi connectivity index (χ4n) is 3.43. The Morgan fingerprint density at radius 1 is 1.27 bits per heavy atom. The summed E-state index contributed by atoms with van der Waals surface area (Å²) in [6, 6.07) is 4.91. The Morgan fingerprint density at radius 3 is 2.62 bits per heavy atom. The van der Waals surface area contributed by atoms with Crippen LogP contribution < -0.4 is 15.0 Å². The molecule has 2 amide bonds. The van der Waals surface area contributed by atoms with Gasteiger partial charge in [0.25, 0.3) is 5.91 Å². The SMILES string of the molecule is CC(=O)c1ccc2c(c1)N(CC(=O)NC1CCC(O)CC1)C(=O)C(C)O2. The minimum Gasteiger partial charge on any atom is -0.479 e. The Bertz CT molecular complexity index is 725. The fraction of sp³-hybridized carbons (Fsp3) is 0.526. The number of hydrogen-bond donors (Lipinski definition) is 2. The molecule has 7 nitrogen and oxygen atoms in total. The molecule has 1 saturated carbocycles. The van der Waals surface area contributed by atoms with Gasteiger partial charge in [-0.05, 0) is 57.7 Å². The van der Waals surface area contributed by atoms with Gasteiger partial charge in [0.05, 0.1) is 11.8 Å². The molecule has 0 radical (unpaired) electrons. The van der Waals surface area contributed by atoms with Gasteiger partial charge < -0.3 is 15.2 Å². The summed E-state index contributed by atoms with van der Waals surface area (Å²) < 4.78 is 5.59. The molecule has 1 atom stereocenters. The third kappa shape index (κ3) is 3.88. The molecule has 1 aliphatic carbocycles. The summed E-state index contributed by atoms with van der Waals surface area (Å²) in [7, 11) is 0. The van der Waals surface area contributed by atoms with Gasteiger partial charge in [0, 0.05) is 11.6 Å².